The van der Waals surface area contributed by atoms with Gasteiger partial charge in [-0.1, -0.05) is 29.9 Å². The Labute approximate surface area is 82.4 Å². The highest BCUT2D eigenvalue weighted by molar-refractivity contribution is 5.31. The van der Waals surface area contributed by atoms with Gasteiger partial charge in [0.15, 0.2) is 0 Å². The summed E-state index contributed by atoms with van der Waals surface area (Å²) in [6.45, 7) is 11.2. The van der Waals surface area contributed by atoms with Gasteiger partial charge in [-0.05, 0) is 40.4 Å². The summed E-state index contributed by atoms with van der Waals surface area (Å²) in [5, 5.41) is 0. The van der Waals surface area contributed by atoms with Gasteiger partial charge in [0.2, 0.25) is 0 Å². The highest BCUT2D eigenvalue weighted by Crippen LogP contribution is 2.08. The molecule has 0 N–H and O–H groups in total. The van der Waals surface area contributed by atoms with Crippen LogP contribution in [-0.2, 0) is 0 Å². The van der Waals surface area contributed by atoms with Crippen molar-refractivity contribution in [2.45, 2.75) is 20.8 Å². The largest absolute Gasteiger partial charge is 0.305 e. The molecule has 1 nitrogen and oxygen atoms in total. The molecule has 0 saturated heterocycles. The van der Waals surface area contributed by atoms with E-state index in [0.717, 1.165) is 12.1 Å². The van der Waals surface area contributed by atoms with Crippen molar-refractivity contribution in [1.82, 2.24) is 4.90 Å². The van der Waals surface area contributed by atoms with Gasteiger partial charge in [-0.2, -0.15) is 0 Å². The van der Waals surface area contributed by atoms with Crippen molar-refractivity contribution in [1.29, 1.82) is 0 Å². The first kappa shape index (κ1) is 12.2. The average molecular weight is 179 g/mol. The van der Waals surface area contributed by atoms with E-state index in [9.17, 15) is 0 Å². The zero-order chi connectivity index (χ0) is 10.4. The molecule has 0 aliphatic heterocycles. The Morgan fingerprint density at radius 2 is 1.69 bits per heavy atom. The molecule has 13 heavy (non-hydrogen) atoms. The molecule has 0 heterocycles. The van der Waals surface area contributed by atoms with E-state index < -0.39 is 0 Å². The summed E-state index contributed by atoms with van der Waals surface area (Å²) < 4.78 is 0. The lowest BCUT2D eigenvalue weighted by molar-refractivity contribution is 0.447. The van der Waals surface area contributed by atoms with Crippen molar-refractivity contribution in [2.75, 3.05) is 20.6 Å². The predicted molar refractivity (Wildman–Crippen MR) is 60.9 cm³/mol. The summed E-state index contributed by atoms with van der Waals surface area (Å²) >= 11 is 0. The van der Waals surface area contributed by atoms with Crippen LogP contribution >= 0.6 is 0 Å². The lowest BCUT2D eigenvalue weighted by atomic mass is 10.1. The van der Waals surface area contributed by atoms with Gasteiger partial charge in [-0.3, -0.25) is 0 Å². The monoisotopic (exact) mass is 179 g/mol. The third kappa shape index (κ3) is 6.35. The molecule has 0 spiro atoms. The Morgan fingerprint density at radius 3 is 2.00 bits per heavy atom. The Bertz CT molecular complexity index is 228. The molecule has 0 bridgehead atoms. The van der Waals surface area contributed by atoms with Crippen LogP contribution in [0.2, 0.25) is 0 Å². The Morgan fingerprint density at radius 1 is 1.15 bits per heavy atom. The second-order valence-corrected chi connectivity index (χ2v) is 3.95. The van der Waals surface area contributed by atoms with E-state index in [1.165, 1.54) is 11.1 Å². The van der Waals surface area contributed by atoms with Crippen LogP contribution in [0, 0.1) is 0 Å². The molecule has 74 valence electrons. The van der Waals surface area contributed by atoms with Crippen molar-refractivity contribution >= 4 is 0 Å². The molecule has 0 aliphatic rings. The third-order valence-electron chi connectivity index (χ3n) is 1.65. The number of nitrogens with zero attached hydrogens (tertiary/aromatic N) is 1. The molecule has 0 unspecified atom stereocenters. The minimum Gasteiger partial charge on any atom is -0.305 e. The molecule has 0 radical (unpaired) electrons. The van der Waals surface area contributed by atoms with E-state index in [0.29, 0.717) is 0 Å². The van der Waals surface area contributed by atoms with E-state index in [2.05, 4.69) is 51.6 Å². The smallest absolute Gasteiger partial charge is 0.0230 e. The number of likely N-dealkylation sites (N-methyl/N-ethyl adjacent to an activating group) is 1. The predicted octanol–water partition coefficient (Wildman–Crippen LogP) is 3.02. The van der Waals surface area contributed by atoms with Gasteiger partial charge >= 0.3 is 0 Å². The van der Waals surface area contributed by atoms with Crippen molar-refractivity contribution in [3.05, 3.63) is 35.5 Å². The first-order chi connectivity index (χ1) is 5.93. The summed E-state index contributed by atoms with van der Waals surface area (Å²) in [7, 11) is 4.14. The summed E-state index contributed by atoms with van der Waals surface area (Å²) in [5.74, 6) is 0. The number of hydrogen-bond donors (Lipinski definition) is 0. The molecule has 0 amide bonds. The van der Waals surface area contributed by atoms with Gasteiger partial charge in [0, 0.05) is 6.54 Å². The lowest BCUT2D eigenvalue weighted by Gasteiger charge is -2.12. The highest BCUT2D eigenvalue weighted by Gasteiger charge is 1.98. The summed E-state index contributed by atoms with van der Waals surface area (Å²) in [6, 6.07) is 0. The SMILES string of the molecule is C=C(C)/C(=C\C=C(C)C)CN(C)C. The zero-order valence-electron chi connectivity index (χ0n) is 9.52. The minimum atomic E-state index is 0.957. The summed E-state index contributed by atoms with van der Waals surface area (Å²) in [4.78, 5) is 2.15. The van der Waals surface area contributed by atoms with Gasteiger partial charge in [0.1, 0.15) is 0 Å². The molecular weight excluding hydrogens is 158 g/mol. The van der Waals surface area contributed by atoms with Gasteiger partial charge in [-0.25, -0.2) is 0 Å². The molecule has 0 aromatic heterocycles. The number of hydrogen-bond acceptors (Lipinski definition) is 1. The standard InChI is InChI=1S/C12H21N/c1-10(2)7-8-12(11(3)4)9-13(5)6/h7-8H,3,9H2,1-2,4-6H3/b12-8-. The van der Waals surface area contributed by atoms with Crippen molar-refractivity contribution in [3.8, 4) is 0 Å². The van der Waals surface area contributed by atoms with E-state index in [1.54, 1.807) is 0 Å². The van der Waals surface area contributed by atoms with Gasteiger partial charge in [-0.15, -0.1) is 0 Å². The number of rotatable bonds is 4. The van der Waals surface area contributed by atoms with Crippen LogP contribution < -0.4 is 0 Å². The lowest BCUT2D eigenvalue weighted by Crippen LogP contribution is -2.15. The fraction of sp³-hybridized carbons (Fsp3) is 0.500. The maximum absolute atomic E-state index is 3.96. The maximum atomic E-state index is 3.96. The van der Waals surface area contributed by atoms with Crippen LogP contribution in [0.3, 0.4) is 0 Å². The highest BCUT2D eigenvalue weighted by atomic mass is 15.0. The Hall–Kier alpha value is -0.820. The minimum absolute atomic E-state index is 0.957. The average Bonchev–Trinajstić information content (AvgIpc) is 1.96. The molecule has 0 fully saturated rings. The Kier molecular flexibility index (Phi) is 5.40. The maximum Gasteiger partial charge on any atom is 0.0230 e. The second-order valence-electron chi connectivity index (χ2n) is 3.95. The third-order valence-corrected chi connectivity index (χ3v) is 1.65. The topological polar surface area (TPSA) is 3.24 Å². The van der Waals surface area contributed by atoms with Crippen LogP contribution in [0.5, 0.6) is 0 Å². The van der Waals surface area contributed by atoms with Gasteiger partial charge in [0.05, 0.1) is 0 Å². The van der Waals surface area contributed by atoms with Crippen LogP contribution in [-0.4, -0.2) is 25.5 Å². The molecule has 0 atom stereocenters. The number of allylic oxidation sites excluding steroid dienone is 3. The summed E-state index contributed by atoms with van der Waals surface area (Å²) in [5.41, 5.74) is 3.76. The van der Waals surface area contributed by atoms with Gasteiger partial charge < -0.3 is 4.90 Å². The quantitative estimate of drug-likeness (QED) is 0.600. The van der Waals surface area contributed by atoms with E-state index in [4.69, 9.17) is 0 Å². The van der Waals surface area contributed by atoms with Crippen molar-refractivity contribution in [2.24, 2.45) is 0 Å². The summed E-state index contributed by atoms with van der Waals surface area (Å²) in [6.07, 6.45) is 4.28. The van der Waals surface area contributed by atoms with Crippen LogP contribution in [0.4, 0.5) is 0 Å². The molecule has 0 aromatic carbocycles. The molecule has 0 aliphatic carbocycles. The second kappa shape index (κ2) is 5.76. The van der Waals surface area contributed by atoms with E-state index >= 15 is 0 Å². The van der Waals surface area contributed by atoms with Crippen LogP contribution in [0.1, 0.15) is 20.8 Å². The molecule has 1 heteroatoms. The molecule has 0 rings (SSSR count). The van der Waals surface area contributed by atoms with Crippen LogP contribution in [0.25, 0.3) is 0 Å². The normalized spacial score (nSPS) is 11.7. The fourth-order valence-electron chi connectivity index (χ4n) is 0.938. The molecule has 0 saturated carbocycles. The first-order valence-electron chi connectivity index (χ1n) is 4.58. The zero-order valence-corrected chi connectivity index (χ0v) is 9.52. The molecule has 0 aromatic rings. The van der Waals surface area contributed by atoms with E-state index in [-0.39, 0.29) is 0 Å². The van der Waals surface area contributed by atoms with E-state index in [1.807, 2.05) is 6.92 Å². The molecular formula is C12H21N. The van der Waals surface area contributed by atoms with Crippen LogP contribution in [0.15, 0.2) is 35.5 Å². The van der Waals surface area contributed by atoms with Gasteiger partial charge in [0.25, 0.3) is 0 Å². The fourth-order valence-corrected chi connectivity index (χ4v) is 0.938. The Balaban J connectivity index is 4.51. The first-order valence-corrected chi connectivity index (χ1v) is 4.58. The van der Waals surface area contributed by atoms with Crippen molar-refractivity contribution < 1.29 is 0 Å². The van der Waals surface area contributed by atoms with Crippen molar-refractivity contribution in [3.63, 3.8) is 0 Å².